The fourth-order valence-electron chi connectivity index (χ4n) is 2.12. The van der Waals surface area contributed by atoms with Crippen molar-refractivity contribution in [2.45, 2.75) is 48.7 Å². The first-order valence-electron chi connectivity index (χ1n) is 6.15. The Bertz CT molecular complexity index is 334. The van der Waals surface area contributed by atoms with Crippen molar-refractivity contribution in [2.75, 3.05) is 0 Å². The van der Waals surface area contributed by atoms with E-state index in [4.69, 9.17) is 0 Å². The zero-order valence-electron chi connectivity index (χ0n) is 11.3. The lowest BCUT2D eigenvalue weighted by Crippen LogP contribution is -2.04. The monoisotopic (exact) mass is 318 g/mol. The first-order chi connectivity index (χ1) is 8.25. The van der Waals surface area contributed by atoms with Crippen LogP contribution in [0, 0.1) is 0 Å². The molecule has 0 heterocycles. The van der Waals surface area contributed by atoms with Crippen LogP contribution in [0.5, 0.6) is 0 Å². The van der Waals surface area contributed by atoms with Crippen molar-refractivity contribution in [3.05, 3.63) is 34.4 Å². The number of hydrogen-bond acceptors (Lipinski definition) is 4. The summed E-state index contributed by atoms with van der Waals surface area (Å²) >= 11 is 18.3. The maximum absolute atomic E-state index is 4.58. The van der Waals surface area contributed by atoms with Crippen molar-refractivity contribution in [1.29, 1.82) is 0 Å². The van der Waals surface area contributed by atoms with Crippen molar-refractivity contribution in [3.8, 4) is 0 Å². The first kappa shape index (κ1) is 16.7. The van der Waals surface area contributed by atoms with Gasteiger partial charge >= 0.3 is 0 Å². The molecule has 0 nitrogen and oxygen atoms in total. The molecule has 0 aliphatic carbocycles. The minimum atomic E-state index is 0.199. The van der Waals surface area contributed by atoms with E-state index in [0.717, 1.165) is 0 Å². The molecule has 0 aromatic heterocycles. The van der Waals surface area contributed by atoms with Crippen LogP contribution in [0.25, 0.3) is 0 Å². The van der Waals surface area contributed by atoms with Gasteiger partial charge in [-0.15, -0.1) is 0 Å². The molecule has 0 aliphatic heterocycles. The number of benzene rings is 1. The van der Waals surface area contributed by atoms with Crippen molar-refractivity contribution >= 4 is 50.5 Å². The average Bonchev–Trinajstić information content (AvgIpc) is 2.26. The summed E-state index contributed by atoms with van der Waals surface area (Å²) < 4.78 is 0. The fraction of sp³-hybridized carbons (Fsp3) is 0.571. The fourth-order valence-corrected chi connectivity index (χ4v) is 3.01. The van der Waals surface area contributed by atoms with Gasteiger partial charge in [0.15, 0.2) is 0 Å². The van der Waals surface area contributed by atoms with E-state index in [9.17, 15) is 0 Å². The molecule has 4 heteroatoms. The van der Waals surface area contributed by atoms with Crippen molar-refractivity contribution in [1.82, 2.24) is 0 Å². The van der Waals surface area contributed by atoms with Gasteiger partial charge in [-0.25, -0.2) is 0 Å². The molecular formula is C14H22S4. The van der Waals surface area contributed by atoms with E-state index >= 15 is 0 Å². The quantitative estimate of drug-likeness (QED) is 0.507. The van der Waals surface area contributed by atoms with E-state index in [1.165, 1.54) is 22.3 Å². The largest absolute Gasteiger partial charge is 0.171 e. The van der Waals surface area contributed by atoms with Crippen LogP contribution in [0.2, 0.25) is 0 Å². The highest BCUT2D eigenvalue weighted by molar-refractivity contribution is 7.81. The summed E-state index contributed by atoms with van der Waals surface area (Å²) in [6.45, 7) is 8.37. The van der Waals surface area contributed by atoms with Gasteiger partial charge in [-0.3, -0.25) is 0 Å². The Kier molecular flexibility index (Phi) is 6.36. The molecule has 1 aromatic carbocycles. The number of hydrogen-bond donors (Lipinski definition) is 4. The van der Waals surface area contributed by atoms with Crippen molar-refractivity contribution in [3.63, 3.8) is 0 Å². The molecule has 0 bridgehead atoms. The average molecular weight is 319 g/mol. The summed E-state index contributed by atoms with van der Waals surface area (Å²) in [5.74, 6) is 0. The van der Waals surface area contributed by atoms with Crippen LogP contribution in [-0.4, -0.2) is 0 Å². The molecule has 0 saturated carbocycles. The Morgan fingerprint density at radius 2 is 0.722 bits per heavy atom. The van der Waals surface area contributed by atoms with Gasteiger partial charge in [0.25, 0.3) is 0 Å². The highest BCUT2D eigenvalue weighted by atomic mass is 32.1. The van der Waals surface area contributed by atoms with Gasteiger partial charge < -0.3 is 0 Å². The van der Waals surface area contributed by atoms with E-state index in [1.54, 1.807) is 0 Å². The maximum Gasteiger partial charge on any atom is 0.0242 e. The van der Waals surface area contributed by atoms with Gasteiger partial charge in [-0.2, -0.15) is 50.5 Å². The number of rotatable bonds is 4. The van der Waals surface area contributed by atoms with Gasteiger partial charge in [0, 0.05) is 21.0 Å². The zero-order chi connectivity index (χ0) is 14.0. The second-order valence-corrected chi connectivity index (χ2v) is 7.91. The van der Waals surface area contributed by atoms with Crippen LogP contribution in [0.4, 0.5) is 0 Å². The summed E-state index contributed by atoms with van der Waals surface area (Å²) in [4.78, 5) is 0. The van der Waals surface area contributed by atoms with Crippen LogP contribution in [0.3, 0.4) is 0 Å². The molecule has 102 valence electrons. The van der Waals surface area contributed by atoms with Crippen LogP contribution in [0.15, 0.2) is 12.1 Å². The van der Waals surface area contributed by atoms with Gasteiger partial charge in [0.05, 0.1) is 0 Å². The Morgan fingerprint density at radius 1 is 0.556 bits per heavy atom. The molecule has 0 saturated heterocycles. The van der Waals surface area contributed by atoms with Crippen molar-refractivity contribution in [2.24, 2.45) is 0 Å². The number of thiol groups is 4. The van der Waals surface area contributed by atoms with Crippen molar-refractivity contribution < 1.29 is 0 Å². The molecule has 0 N–H and O–H groups in total. The van der Waals surface area contributed by atoms with Crippen LogP contribution in [-0.2, 0) is 0 Å². The minimum Gasteiger partial charge on any atom is -0.171 e. The van der Waals surface area contributed by atoms with Gasteiger partial charge in [-0.1, -0.05) is 12.1 Å². The second-order valence-electron chi connectivity index (χ2n) is 4.81. The third-order valence-electron chi connectivity index (χ3n) is 3.09. The molecule has 0 radical (unpaired) electrons. The van der Waals surface area contributed by atoms with E-state index < -0.39 is 0 Å². The highest BCUT2D eigenvalue weighted by Gasteiger charge is 2.18. The first-order valence-corrected chi connectivity index (χ1v) is 8.22. The van der Waals surface area contributed by atoms with Crippen LogP contribution < -0.4 is 0 Å². The van der Waals surface area contributed by atoms with Crippen LogP contribution >= 0.6 is 50.5 Å². The Balaban J connectivity index is 3.50. The molecule has 18 heavy (non-hydrogen) atoms. The molecule has 1 aromatic rings. The van der Waals surface area contributed by atoms with E-state index in [-0.39, 0.29) is 21.0 Å². The standard InChI is InChI=1S/C14H22S4/c1-7(15)11-5-13(9(3)17)14(10(4)18)6-12(11)8(2)16/h5-10,15-18H,1-4H3. The van der Waals surface area contributed by atoms with E-state index in [1.807, 2.05) is 0 Å². The normalized spacial score (nSPS) is 18.2. The SMILES string of the molecule is CC(S)c1cc(C(C)S)c(C(C)S)cc1C(C)S. The smallest absolute Gasteiger partial charge is 0.0242 e. The summed E-state index contributed by atoms with van der Waals surface area (Å²) in [5, 5.41) is 0.795. The summed E-state index contributed by atoms with van der Waals surface area (Å²) in [5.41, 5.74) is 4.98. The highest BCUT2D eigenvalue weighted by Crippen LogP contribution is 2.38. The topological polar surface area (TPSA) is 0 Å². The molecule has 0 spiro atoms. The molecule has 4 atom stereocenters. The van der Waals surface area contributed by atoms with E-state index in [2.05, 4.69) is 90.3 Å². The third kappa shape index (κ3) is 3.81. The summed E-state index contributed by atoms with van der Waals surface area (Å²) in [7, 11) is 0. The molecule has 0 fully saturated rings. The lowest BCUT2D eigenvalue weighted by Gasteiger charge is -2.23. The predicted molar refractivity (Wildman–Crippen MR) is 96.0 cm³/mol. The molecule has 1 rings (SSSR count). The second kappa shape index (κ2) is 6.87. The molecule has 0 aliphatic rings. The maximum atomic E-state index is 4.58. The lowest BCUT2D eigenvalue weighted by molar-refractivity contribution is 0.949. The minimum absolute atomic E-state index is 0.199. The zero-order valence-corrected chi connectivity index (χ0v) is 14.8. The van der Waals surface area contributed by atoms with Crippen LogP contribution in [0.1, 0.15) is 70.9 Å². The molecule has 0 amide bonds. The Labute approximate surface area is 133 Å². The van der Waals surface area contributed by atoms with E-state index in [0.29, 0.717) is 0 Å². The molecule has 4 unspecified atom stereocenters. The molecular weight excluding hydrogens is 296 g/mol. The Hall–Kier alpha value is 0.620. The Morgan fingerprint density at radius 3 is 0.833 bits per heavy atom. The predicted octanol–water partition coefficient (Wildman–Crippen LogP) is 5.65. The summed E-state index contributed by atoms with van der Waals surface area (Å²) in [6, 6.07) is 4.44. The van der Waals surface area contributed by atoms with Gasteiger partial charge in [-0.05, 0) is 49.9 Å². The third-order valence-corrected chi connectivity index (χ3v) is 4.20. The summed E-state index contributed by atoms with van der Waals surface area (Å²) in [6.07, 6.45) is 0. The van der Waals surface area contributed by atoms with Gasteiger partial charge in [0.2, 0.25) is 0 Å². The lowest BCUT2D eigenvalue weighted by atomic mass is 9.92. The van der Waals surface area contributed by atoms with Gasteiger partial charge in [0.1, 0.15) is 0 Å².